The molecule has 1 aliphatic carbocycles. The number of nitrogens with two attached hydrogens (primary N) is 1. The quantitative estimate of drug-likeness (QED) is 0.908. The predicted molar refractivity (Wildman–Crippen MR) is 86.1 cm³/mol. The van der Waals surface area contributed by atoms with Gasteiger partial charge in [-0.2, -0.15) is 0 Å². The van der Waals surface area contributed by atoms with Crippen LogP contribution in [0.5, 0.6) is 0 Å². The van der Waals surface area contributed by atoms with Crippen molar-refractivity contribution in [2.45, 2.75) is 64.0 Å². The van der Waals surface area contributed by atoms with E-state index in [-0.39, 0.29) is 6.04 Å². The minimum absolute atomic E-state index is 0.249. The third-order valence-electron chi connectivity index (χ3n) is 5.07. The summed E-state index contributed by atoms with van der Waals surface area (Å²) in [7, 11) is 0. The summed E-state index contributed by atoms with van der Waals surface area (Å²) in [5.41, 5.74) is 8.67. The molecule has 1 saturated carbocycles. The first-order chi connectivity index (χ1) is 9.74. The van der Waals surface area contributed by atoms with Crippen molar-refractivity contribution in [2.24, 2.45) is 11.7 Å². The Bertz CT molecular complexity index is 422. The van der Waals surface area contributed by atoms with Gasteiger partial charge in [0.2, 0.25) is 0 Å². The van der Waals surface area contributed by atoms with Gasteiger partial charge in [-0.25, -0.2) is 0 Å². The molecule has 1 aromatic carbocycles. The Balaban J connectivity index is 1.73. The second-order valence-electron chi connectivity index (χ2n) is 6.80. The first-order valence-electron chi connectivity index (χ1n) is 8.35. The summed E-state index contributed by atoms with van der Waals surface area (Å²) >= 11 is 0. The van der Waals surface area contributed by atoms with Gasteiger partial charge >= 0.3 is 0 Å². The normalized spacial score (nSPS) is 28.0. The predicted octanol–water partition coefficient (Wildman–Crippen LogP) is 3.74. The lowest BCUT2D eigenvalue weighted by molar-refractivity contribution is 0.244. The molecule has 3 rings (SSSR count). The first kappa shape index (κ1) is 13.9. The second-order valence-corrected chi connectivity index (χ2v) is 6.80. The molecule has 2 nitrogen and oxygen atoms in total. The Hall–Kier alpha value is -1.02. The monoisotopic (exact) mass is 272 g/mol. The number of piperidine rings is 1. The molecule has 3 atom stereocenters. The third kappa shape index (κ3) is 3.01. The summed E-state index contributed by atoms with van der Waals surface area (Å²) in [4.78, 5) is 2.68. The van der Waals surface area contributed by atoms with E-state index in [4.69, 9.17) is 5.73 Å². The Morgan fingerprint density at radius 3 is 2.55 bits per heavy atom. The molecule has 1 aliphatic heterocycles. The average Bonchev–Trinajstić information content (AvgIpc) is 2.47. The van der Waals surface area contributed by atoms with Gasteiger partial charge < -0.3 is 10.6 Å². The van der Waals surface area contributed by atoms with Crippen molar-refractivity contribution < 1.29 is 0 Å². The van der Waals surface area contributed by atoms with Crippen LogP contribution in [0.4, 0.5) is 5.69 Å². The molecular formula is C18H28N2. The van der Waals surface area contributed by atoms with Crippen LogP contribution in [0.1, 0.15) is 51.0 Å². The SMILES string of the molecule is CC(N)Cc1ccc(N2CCC[C@H]3CCCC[C@H]32)cc1. The molecule has 2 heteroatoms. The van der Waals surface area contributed by atoms with Crippen LogP contribution in [-0.2, 0) is 6.42 Å². The fourth-order valence-corrected chi connectivity index (χ4v) is 4.14. The number of hydrogen-bond donors (Lipinski definition) is 1. The highest BCUT2D eigenvalue weighted by Gasteiger charge is 2.33. The Labute approximate surface area is 123 Å². The van der Waals surface area contributed by atoms with Crippen LogP contribution in [0.15, 0.2) is 24.3 Å². The molecule has 2 fully saturated rings. The first-order valence-corrected chi connectivity index (χ1v) is 8.35. The van der Waals surface area contributed by atoms with Crippen molar-refractivity contribution in [2.75, 3.05) is 11.4 Å². The van der Waals surface area contributed by atoms with E-state index in [0.29, 0.717) is 0 Å². The van der Waals surface area contributed by atoms with E-state index in [9.17, 15) is 0 Å². The van der Waals surface area contributed by atoms with Crippen LogP contribution in [0, 0.1) is 5.92 Å². The number of fused-ring (bicyclic) bond motifs is 1. The number of benzene rings is 1. The highest BCUT2D eigenvalue weighted by Crippen LogP contribution is 2.37. The van der Waals surface area contributed by atoms with Crippen LogP contribution in [0.3, 0.4) is 0 Å². The molecule has 0 amide bonds. The molecule has 110 valence electrons. The summed E-state index contributed by atoms with van der Waals surface area (Å²) < 4.78 is 0. The minimum atomic E-state index is 0.249. The fraction of sp³-hybridized carbons (Fsp3) is 0.667. The standard InChI is InChI=1S/C18H28N2/c1-14(19)13-15-8-10-17(11-9-15)20-12-4-6-16-5-2-3-7-18(16)20/h8-11,14,16,18H,2-7,12-13,19H2,1H3/t14?,16-,18-/m1/s1. The molecule has 1 heterocycles. The molecular weight excluding hydrogens is 244 g/mol. The van der Waals surface area contributed by atoms with Gasteiger partial charge in [0.05, 0.1) is 0 Å². The van der Waals surface area contributed by atoms with Crippen LogP contribution in [0.25, 0.3) is 0 Å². The summed E-state index contributed by atoms with van der Waals surface area (Å²) in [6.45, 7) is 3.32. The molecule has 0 bridgehead atoms. The summed E-state index contributed by atoms with van der Waals surface area (Å²) in [6, 6.07) is 10.2. The van der Waals surface area contributed by atoms with Gasteiger partial charge in [-0.1, -0.05) is 25.0 Å². The number of anilines is 1. The van der Waals surface area contributed by atoms with Crippen molar-refractivity contribution in [3.8, 4) is 0 Å². The maximum absolute atomic E-state index is 5.88. The van der Waals surface area contributed by atoms with Crippen LogP contribution >= 0.6 is 0 Å². The van der Waals surface area contributed by atoms with Crippen LogP contribution in [-0.4, -0.2) is 18.6 Å². The number of hydrogen-bond acceptors (Lipinski definition) is 2. The van der Waals surface area contributed by atoms with Crippen LogP contribution in [0.2, 0.25) is 0 Å². The Morgan fingerprint density at radius 2 is 1.80 bits per heavy atom. The van der Waals surface area contributed by atoms with Crippen molar-refractivity contribution in [1.82, 2.24) is 0 Å². The van der Waals surface area contributed by atoms with Crippen molar-refractivity contribution in [3.05, 3.63) is 29.8 Å². The maximum Gasteiger partial charge on any atom is 0.0368 e. The average molecular weight is 272 g/mol. The van der Waals surface area contributed by atoms with E-state index < -0.39 is 0 Å². The zero-order valence-electron chi connectivity index (χ0n) is 12.7. The Morgan fingerprint density at radius 1 is 1.10 bits per heavy atom. The van der Waals surface area contributed by atoms with Gasteiger partial charge in [0.25, 0.3) is 0 Å². The lowest BCUT2D eigenvalue weighted by Gasteiger charge is -2.45. The summed E-state index contributed by atoms with van der Waals surface area (Å²) in [5, 5.41) is 0. The lowest BCUT2D eigenvalue weighted by Crippen LogP contribution is -2.46. The third-order valence-corrected chi connectivity index (χ3v) is 5.07. The molecule has 1 saturated heterocycles. The van der Waals surface area contributed by atoms with Gasteiger partial charge in [0.1, 0.15) is 0 Å². The van der Waals surface area contributed by atoms with Crippen molar-refractivity contribution in [1.29, 1.82) is 0 Å². The van der Waals surface area contributed by atoms with E-state index >= 15 is 0 Å². The van der Waals surface area contributed by atoms with Gasteiger partial charge in [-0.3, -0.25) is 0 Å². The van der Waals surface area contributed by atoms with E-state index in [2.05, 4.69) is 36.1 Å². The Kier molecular flexibility index (Phi) is 4.30. The second kappa shape index (κ2) is 6.17. The molecule has 0 aromatic heterocycles. The fourth-order valence-electron chi connectivity index (χ4n) is 4.14. The van der Waals surface area contributed by atoms with Gasteiger partial charge in [-0.15, -0.1) is 0 Å². The zero-order chi connectivity index (χ0) is 13.9. The largest absolute Gasteiger partial charge is 0.368 e. The van der Waals surface area contributed by atoms with Gasteiger partial charge in [-0.05, 0) is 62.6 Å². The van der Waals surface area contributed by atoms with Gasteiger partial charge in [0, 0.05) is 24.3 Å². The molecule has 2 aliphatic rings. The molecule has 2 N–H and O–H groups in total. The molecule has 1 unspecified atom stereocenters. The van der Waals surface area contributed by atoms with E-state index in [1.807, 2.05) is 0 Å². The van der Waals surface area contributed by atoms with E-state index in [1.54, 1.807) is 0 Å². The van der Waals surface area contributed by atoms with Crippen molar-refractivity contribution in [3.63, 3.8) is 0 Å². The van der Waals surface area contributed by atoms with E-state index in [0.717, 1.165) is 18.4 Å². The minimum Gasteiger partial charge on any atom is -0.368 e. The molecule has 20 heavy (non-hydrogen) atoms. The topological polar surface area (TPSA) is 29.3 Å². The molecule has 0 radical (unpaired) electrons. The highest BCUT2D eigenvalue weighted by molar-refractivity contribution is 5.49. The summed E-state index contributed by atoms with van der Waals surface area (Å²) in [5.74, 6) is 0.946. The highest BCUT2D eigenvalue weighted by atomic mass is 15.2. The lowest BCUT2D eigenvalue weighted by atomic mass is 9.78. The van der Waals surface area contributed by atoms with Crippen molar-refractivity contribution >= 4 is 5.69 Å². The van der Waals surface area contributed by atoms with Crippen LogP contribution < -0.4 is 10.6 Å². The van der Waals surface area contributed by atoms with E-state index in [1.165, 1.54) is 56.3 Å². The zero-order valence-corrected chi connectivity index (χ0v) is 12.7. The molecule has 1 aromatic rings. The summed E-state index contributed by atoms with van der Waals surface area (Å²) in [6.07, 6.45) is 9.50. The molecule has 0 spiro atoms. The van der Waals surface area contributed by atoms with Gasteiger partial charge in [0.15, 0.2) is 0 Å². The smallest absolute Gasteiger partial charge is 0.0368 e. The number of nitrogens with zero attached hydrogens (tertiary/aromatic N) is 1. The number of rotatable bonds is 3. The maximum atomic E-state index is 5.88.